The normalized spacial score (nSPS) is 11.6. The maximum Gasteiger partial charge on any atom is 0.343 e. The van der Waals surface area contributed by atoms with Gasteiger partial charge in [-0.05, 0) is 79.8 Å². The number of rotatable bonds is 19. The van der Waals surface area contributed by atoms with E-state index in [-0.39, 0.29) is 23.0 Å². The second kappa shape index (κ2) is 18.8. The molecular formula is C37H47FO5. The third-order valence-electron chi connectivity index (χ3n) is 7.47. The summed E-state index contributed by atoms with van der Waals surface area (Å²) in [5.74, 6) is -1.48. The van der Waals surface area contributed by atoms with Gasteiger partial charge in [0, 0.05) is 0 Å². The first-order chi connectivity index (χ1) is 20.9. The largest absolute Gasteiger partial charge is 0.494 e. The van der Waals surface area contributed by atoms with Crippen molar-refractivity contribution >= 4 is 11.9 Å². The Morgan fingerprint density at radius 3 is 1.86 bits per heavy atom. The van der Waals surface area contributed by atoms with E-state index >= 15 is 0 Å². The lowest BCUT2D eigenvalue weighted by Crippen LogP contribution is -2.15. The Bertz CT molecular complexity index is 1250. The minimum absolute atomic E-state index is 0.0799. The number of ether oxygens (including phenoxy) is 3. The molecule has 1 unspecified atom stereocenters. The molecule has 0 aliphatic carbocycles. The van der Waals surface area contributed by atoms with Crippen LogP contribution in [0.15, 0.2) is 66.7 Å². The predicted molar refractivity (Wildman–Crippen MR) is 170 cm³/mol. The van der Waals surface area contributed by atoms with E-state index in [2.05, 4.69) is 13.8 Å². The van der Waals surface area contributed by atoms with E-state index in [4.69, 9.17) is 14.2 Å². The van der Waals surface area contributed by atoms with E-state index < -0.39 is 17.8 Å². The van der Waals surface area contributed by atoms with Crippen LogP contribution in [0.2, 0.25) is 0 Å². The van der Waals surface area contributed by atoms with E-state index in [9.17, 15) is 14.0 Å². The van der Waals surface area contributed by atoms with Gasteiger partial charge in [0.1, 0.15) is 5.75 Å². The highest BCUT2D eigenvalue weighted by Gasteiger charge is 2.17. The molecule has 0 aliphatic rings. The molecule has 0 radical (unpaired) electrons. The Morgan fingerprint density at radius 1 is 0.674 bits per heavy atom. The van der Waals surface area contributed by atoms with Crippen molar-refractivity contribution in [3.63, 3.8) is 0 Å². The second-order valence-corrected chi connectivity index (χ2v) is 11.2. The Morgan fingerprint density at radius 2 is 1.23 bits per heavy atom. The molecule has 0 heterocycles. The zero-order valence-corrected chi connectivity index (χ0v) is 26.0. The lowest BCUT2D eigenvalue weighted by Gasteiger charge is -2.13. The van der Waals surface area contributed by atoms with Crippen molar-refractivity contribution in [2.45, 2.75) is 104 Å². The molecule has 0 spiro atoms. The van der Waals surface area contributed by atoms with Crippen molar-refractivity contribution in [2.75, 3.05) is 6.61 Å². The summed E-state index contributed by atoms with van der Waals surface area (Å²) in [6.07, 6.45) is 13.6. The summed E-state index contributed by atoms with van der Waals surface area (Å²) in [4.78, 5) is 25.1. The number of hydrogen-bond donors (Lipinski definition) is 0. The van der Waals surface area contributed by atoms with Gasteiger partial charge in [-0.1, -0.05) is 95.9 Å². The summed E-state index contributed by atoms with van der Waals surface area (Å²) in [5, 5.41) is 0. The first kappa shape index (κ1) is 33.8. The Hall–Kier alpha value is -3.67. The van der Waals surface area contributed by atoms with Crippen LogP contribution < -0.4 is 9.47 Å². The van der Waals surface area contributed by atoms with Gasteiger partial charge < -0.3 is 14.2 Å². The highest BCUT2D eigenvalue weighted by Crippen LogP contribution is 2.25. The van der Waals surface area contributed by atoms with Crippen LogP contribution >= 0.6 is 0 Å². The zero-order valence-electron chi connectivity index (χ0n) is 26.0. The molecule has 5 nitrogen and oxygen atoms in total. The number of unbranched alkanes of at least 4 members (excludes halogenated alkanes) is 9. The third kappa shape index (κ3) is 11.9. The first-order valence-electron chi connectivity index (χ1n) is 16.0. The van der Waals surface area contributed by atoms with Gasteiger partial charge in [-0.3, -0.25) is 0 Å². The highest BCUT2D eigenvalue weighted by atomic mass is 19.1. The minimum Gasteiger partial charge on any atom is -0.494 e. The van der Waals surface area contributed by atoms with Crippen molar-refractivity contribution in [1.29, 1.82) is 0 Å². The van der Waals surface area contributed by atoms with Gasteiger partial charge in [0.25, 0.3) is 0 Å². The molecule has 0 N–H and O–H groups in total. The van der Waals surface area contributed by atoms with Crippen molar-refractivity contribution in [3.8, 4) is 22.6 Å². The number of halogens is 1. The molecule has 3 aromatic rings. The number of carbonyl (C=O) groups is 2. The molecule has 0 aliphatic heterocycles. The fourth-order valence-electron chi connectivity index (χ4n) is 4.83. The monoisotopic (exact) mass is 590 g/mol. The third-order valence-corrected chi connectivity index (χ3v) is 7.47. The first-order valence-corrected chi connectivity index (χ1v) is 16.0. The Balaban J connectivity index is 1.46. The van der Waals surface area contributed by atoms with Crippen molar-refractivity contribution < 1.29 is 28.2 Å². The molecule has 1 atom stereocenters. The highest BCUT2D eigenvalue weighted by molar-refractivity contribution is 5.92. The number of esters is 2. The lowest BCUT2D eigenvalue weighted by atomic mass is 10.0. The van der Waals surface area contributed by atoms with Gasteiger partial charge in [0.05, 0.1) is 23.8 Å². The van der Waals surface area contributed by atoms with Crippen molar-refractivity contribution in [2.24, 2.45) is 0 Å². The van der Waals surface area contributed by atoms with E-state index in [0.717, 1.165) is 68.1 Å². The van der Waals surface area contributed by atoms with Crippen LogP contribution in [-0.4, -0.2) is 24.6 Å². The predicted octanol–water partition coefficient (Wildman–Crippen LogP) is 10.4. The van der Waals surface area contributed by atoms with E-state index in [1.165, 1.54) is 50.7 Å². The fourth-order valence-corrected chi connectivity index (χ4v) is 4.83. The SMILES string of the molecule is CCCCCCCCCOc1ccc(-c2ccc(C(=O)Oc3ccc(C(=O)OC(C)CCCCCC)cc3F)cc2)cc1. The van der Waals surface area contributed by atoms with Crippen LogP contribution in [0, 0.1) is 5.82 Å². The fraction of sp³-hybridized carbons (Fsp3) is 0.459. The maximum atomic E-state index is 14.7. The van der Waals surface area contributed by atoms with Gasteiger partial charge in [0.2, 0.25) is 0 Å². The molecule has 0 aromatic heterocycles. The van der Waals surface area contributed by atoms with Crippen LogP contribution in [0.1, 0.15) is 119 Å². The summed E-state index contributed by atoms with van der Waals surface area (Å²) in [6.45, 7) is 6.93. The molecule has 3 aromatic carbocycles. The van der Waals surface area contributed by atoms with E-state index in [1.54, 1.807) is 12.1 Å². The van der Waals surface area contributed by atoms with E-state index in [1.807, 2.05) is 43.3 Å². The molecular weight excluding hydrogens is 543 g/mol. The molecule has 43 heavy (non-hydrogen) atoms. The number of hydrogen-bond acceptors (Lipinski definition) is 5. The topological polar surface area (TPSA) is 61.8 Å². The maximum absolute atomic E-state index is 14.7. The summed E-state index contributed by atoms with van der Waals surface area (Å²) < 4.78 is 31.3. The van der Waals surface area contributed by atoms with Crippen LogP contribution in [0.5, 0.6) is 11.5 Å². The van der Waals surface area contributed by atoms with Crippen LogP contribution in [0.3, 0.4) is 0 Å². The van der Waals surface area contributed by atoms with Crippen LogP contribution in [-0.2, 0) is 4.74 Å². The Labute approximate surface area is 256 Å². The van der Waals surface area contributed by atoms with Gasteiger partial charge in [-0.15, -0.1) is 0 Å². The average molecular weight is 591 g/mol. The van der Waals surface area contributed by atoms with Gasteiger partial charge in [-0.25, -0.2) is 14.0 Å². The molecule has 232 valence electrons. The quantitative estimate of drug-likeness (QED) is 0.0789. The van der Waals surface area contributed by atoms with Crippen molar-refractivity contribution in [3.05, 3.63) is 83.7 Å². The van der Waals surface area contributed by atoms with Gasteiger partial charge in [-0.2, -0.15) is 0 Å². The van der Waals surface area contributed by atoms with Gasteiger partial charge >= 0.3 is 11.9 Å². The smallest absolute Gasteiger partial charge is 0.343 e. The molecule has 0 bridgehead atoms. The molecule has 0 saturated heterocycles. The summed E-state index contributed by atoms with van der Waals surface area (Å²) in [5.41, 5.74) is 2.30. The summed E-state index contributed by atoms with van der Waals surface area (Å²) in [6, 6.07) is 18.6. The van der Waals surface area contributed by atoms with Crippen LogP contribution in [0.4, 0.5) is 4.39 Å². The number of carbonyl (C=O) groups excluding carboxylic acids is 2. The van der Waals surface area contributed by atoms with E-state index in [0.29, 0.717) is 0 Å². The second-order valence-electron chi connectivity index (χ2n) is 11.2. The number of benzene rings is 3. The summed E-state index contributed by atoms with van der Waals surface area (Å²) in [7, 11) is 0. The molecule has 6 heteroatoms. The molecule has 3 rings (SSSR count). The van der Waals surface area contributed by atoms with Crippen molar-refractivity contribution in [1.82, 2.24) is 0 Å². The average Bonchev–Trinajstić information content (AvgIpc) is 3.02. The zero-order chi connectivity index (χ0) is 30.9. The Kier molecular flexibility index (Phi) is 14.8. The molecule has 0 fully saturated rings. The summed E-state index contributed by atoms with van der Waals surface area (Å²) >= 11 is 0. The standard InChI is InChI=1S/C37H47FO5/c1-4-6-8-10-11-12-14-26-41-33-23-20-30(21-24-33)29-16-18-31(19-17-29)36(39)43-35-25-22-32(27-34(35)38)37(40)42-28(3)15-13-9-7-5-2/h16-25,27-28H,4-15,26H2,1-3H3. The minimum atomic E-state index is -0.802. The lowest BCUT2D eigenvalue weighted by molar-refractivity contribution is 0.0319. The molecule has 0 amide bonds. The molecule has 0 saturated carbocycles. The van der Waals surface area contributed by atoms with Gasteiger partial charge in [0.15, 0.2) is 11.6 Å². The van der Waals surface area contributed by atoms with Crippen LogP contribution in [0.25, 0.3) is 11.1 Å².